The lowest BCUT2D eigenvalue weighted by atomic mass is 10.2. The molecule has 0 amide bonds. The number of rotatable bonds is 8. The number of hydrogen-bond acceptors (Lipinski definition) is 4. The number of thioether (sulfide) groups is 1. The highest BCUT2D eigenvalue weighted by Gasteiger charge is 2.13. The zero-order valence-electron chi connectivity index (χ0n) is 14.6. The van der Waals surface area contributed by atoms with Crippen LogP contribution in [-0.2, 0) is 18.9 Å². The van der Waals surface area contributed by atoms with Crippen LogP contribution in [0.15, 0.2) is 66.3 Å². The van der Waals surface area contributed by atoms with Crippen molar-refractivity contribution in [3.63, 3.8) is 0 Å². The molecular weight excluding hydrogens is 349 g/mol. The van der Waals surface area contributed by atoms with Crippen LogP contribution in [0.3, 0.4) is 0 Å². The topological polar surface area (TPSA) is 39.9 Å². The first-order valence-electron chi connectivity index (χ1n) is 8.25. The largest absolute Gasteiger partial charge is 0.486 e. The summed E-state index contributed by atoms with van der Waals surface area (Å²) in [6, 6.07) is 14.5. The van der Waals surface area contributed by atoms with Crippen LogP contribution < -0.4 is 4.74 Å². The molecule has 0 N–H and O–H groups in total. The second kappa shape index (κ2) is 8.67. The Labute approximate surface area is 156 Å². The summed E-state index contributed by atoms with van der Waals surface area (Å²) in [4.78, 5) is 0. The van der Waals surface area contributed by atoms with Gasteiger partial charge in [0.1, 0.15) is 18.2 Å². The zero-order valence-corrected chi connectivity index (χ0v) is 15.4. The molecule has 1 aromatic heterocycles. The summed E-state index contributed by atoms with van der Waals surface area (Å²) in [5.41, 5.74) is 2.04. The van der Waals surface area contributed by atoms with Crippen LogP contribution >= 0.6 is 11.8 Å². The van der Waals surface area contributed by atoms with E-state index in [0.717, 1.165) is 27.9 Å². The summed E-state index contributed by atoms with van der Waals surface area (Å²) in [6.07, 6.45) is 1.80. The third kappa shape index (κ3) is 4.73. The molecule has 6 heteroatoms. The lowest BCUT2D eigenvalue weighted by Crippen LogP contribution is -2.07. The van der Waals surface area contributed by atoms with Crippen molar-refractivity contribution in [1.29, 1.82) is 0 Å². The Bertz CT molecular complexity index is 827. The predicted octanol–water partition coefficient (Wildman–Crippen LogP) is 4.78. The molecule has 26 heavy (non-hydrogen) atoms. The number of nitrogens with zero attached hydrogens (tertiary/aromatic N) is 3. The molecule has 0 aliphatic heterocycles. The molecule has 0 spiro atoms. The number of aryl methyl sites for hydroxylation is 1. The summed E-state index contributed by atoms with van der Waals surface area (Å²) in [5, 5.41) is 9.26. The Balaban J connectivity index is 1.70. The van der Waals surface area contributed by atoms with Crippen molar-refractivity contribution in [3.05, 3.63) is 84.0 Å². The fourth-order valence-corrected chi connectivity index (χ4v) is 3.38. The van der Waals surface area contributed by atoms with E-state index in [1.165, 1.54) is 23.9 Å². The fourth-order valence-electron chi connectivity index (χ4n) is 2.47. The standard InChI is InChI=1S/C20H20FN3OS/c1-3-10-24-19(13-25-18-9-4-6-15(2)11-18)22-23-20(24)26-14-16-7-5-8-17(21)12-16/h3-9,11-12H,1,10,13-14H2,2H3. The molecule has 0 radical (unpaired) electrons. The van der Waals surface area contributed by atoms with Crippen molar-refractivity contribution in [1.82, 2.24) is 14.8 Å². The molecule has 1 heterocycles. The van der Waals surface area contributed by atoms with Crippen LogP contribution in [0, 0.1) is 12.7 Å². The molecule has 3 aromatic rings. The maximum Gasteiger partial charge on any atom is 0.191 e. The van der Waals surface area contributed by atoms with Gasteiger partial charge >= 0.3 is 0 Å². The van der Waals surface area contributed by atoms with Crippen LogP contribution in [0.4, 0.5) is 4.39 Å². The van der Waals surface area contributed by atoms with E-state index in [9.17, 15) is 4.39 Å². The average Bonchev–Trinajstić information content (AvgIpc) is 3.01. The van der Waals surface area contributed by atoms with E-state index in [0.29, 0.717) is 18.9 Å². The lowest BCUT2D eigenvalue weighted by molar-refractivity contribution is 0.289. The van der Waals surface area contributed by atoms with Gasteiger partial charge in [0.2, 0.25) is 0 Å². The Kier molecular flexibility index (Phi) is 6.07. The molecule has 0 saturated carbocycles. The molecule has 3 rings (SSSR count). The van der Waals surface area contributed by atoms with Crippen LogP contribution in [0.1, 0.15) is 17.0 Å². The normalized spacial score (nSPS) is 10.7. The van der Waals surface area contributed by atoms with E-state index in [1.54, 1.807) is 12.1 Å². The van der Waals surface area contributed by atoms with Crippen molar-refractivity contribution in [2.45, 2.75) is 31.0 Å². The molecule has 2 aromatic carbocycles. The minimum Gasteiger partial charge on any atom is -0.486 e. The first-order valence-corrected chi connectivity index (χ1v) is 9.24. The highest BCUT2D eigenvalue weighted by molar-refractivity contribution is 7.98. The SMILES string of the molecule is C=CCn1c(COc2cccc(C)c2)nnc1SCc1cccc(F)c1. The Morgan fingerprint density at radius 2 is 2.04 bits per heavy atom. The van der Waals surface area contributed by atoms with E-state index in [4.69, 9.17) is 4.74 Å². The number of halogens is 1. The molecule has 0 atom stereocenters. The summed E-state index contributed by atoms with van der Waals surface area (Å²) >= 11 is 1.51. The van der Waals surface area contributed by atoms with Crippen molar-refractivity contribution in [2.75, 3.05) is 0 Å². The Morgan fingerprint density at radius 1 is 1.19 bits per heavy atom. The quantitative estimate of drug-likeness (QED) is 0.423. The number of hydrogen-bond donors (Lipinski definition) is 0. The summed E-state index contributed by atoms with van der Waals surface area (Å²) in [6.45, 7) is 6.74. The summed E-state index contributed by atoms with van der Waals surface area (Å²) in [7, 11) is 0. The first-order chi connectivity index (χ1) is 12.7. The minimum atomic E-state index is -0.233. The van der Waals surface area contributed by atoms with Crippen molar-refractivity contribution in [3.8, 4) is 5.75 Å². The summed E-state index contributed by atoms with van der Waals surface area (Å²) in [5.74, 6) is 1.91. The zero-order chi connectivity index (χ0) is 18.4. The number of aromatic nitrogens is 3. The van der Waals surface area contributed by atoms with Crippen molar-refractivity contribution < 1.29 is 9.13 Å². The minimum absolute atomic E-state index is 0.233. The van der Waals surface area contributed by atoms with E-state index in [1.807, 2.05) is 41.8 Å². The van der Waals surface area contributed by atoms with Gasteiger partial charge in [0.05, 0.1) is 0 Å². The van der Waals surface area contributed by atoms with Crippen LogP contribution in [0.25, 0.3) is 0 Å². The highest BCUT2D eigenvalue weighted by Crippen LogP contribution is 2.23. The first kappa shape index (κ1) is 18.2. The van der Waals surface area contributed by atoms with Crippen molar-refractivity contribution >= 4 is 11.8 Å². The van der Waals surface area contributed by atoms with Gasteiger partial charge in [0.15, 0.2) is 11.0 Å². The van der Waals surface area contributed by atoms with E-state index in [2.05, 4.69) is 16.8 Å². The molecule has 0 fully saturated rings. The van der Waals surface area contributed by atoms with Gasteiger partial charge in [-0.1, -0.05) is 42.1 Å². The van der Waals surface area contributed by atoms with Gasteiger partial charge in [-0.25, -0.2) is 4.39 Å². The van der Waals surface area contributed by atoms with Gasteiger partial charge in [-0.05, 0) is 42.3 Å². The third-order valence-electron chi connectivity index (χ3n) is 3.72. The second-order valence-electron chi connectivity index (χ2n) is 5.82. The number of allylic oxidation sites excluding steroid dienone is 1. The van der Waals surface area contributed by atoms with Gasteiger partial charge in [-0.15, -0.1) is 16.8 Å². The maximum atomic E-state index is 13.3. The summed E-state index contributed by atoms with van der Waals surface area (Å²) < 4.78 is 21.1. The molecule has 0 aliphatic rings. The molecule has 134 valence electrons. The smallest absolute Gasteiger partial charge is 0.191 e. The lowest BCUT2D eigenvalue weighted by Gasteiger charge is -2.09. The fraction of sp³-hybridized carbons (Fsp3) is 0.200. The number of benzene rings is 2. The molecule has 0 saturated heterocycles. The predicted molar refractivity (Wildman–Crippen MR) is 102 cm³/mol. The third-order valence-corrected chi connectivity index (χ3v) is 4.76. The van der Waals surface area contributed by atoms with E-state index < -0.39 is 0 Å². The molecule has 0 aliphatic carbocycles. The van der Waals surface area contributed by atoms with Gasteiger partial charge in [-0.2, -0.15) is 0 Å². The molecule has 4 nitrogen and oxygen atoms in total. The van der Waals surface area contributed by atoms with E-state index >= 15 is 0 Å². The maximum absolute atomic E-state index is 13.3. The van der Waals surface area contributed by atoms with Gasteiger partial charge in [0, 0.05) is 12.3 Å². The highest BCUT2D eigenvalue weighted by atomic mass is 32.2. The van der Waals surface area contributed by atoms with Gasteiger partial charge < -0.3 is 4.74 Å². The average molecular weight is 369 g/mol. The Morgan fingerprint density at radius 3 is 2.81 bits per heavy atom. The molecule has 0 bridgehead atoms. The Hall–Kier alpha value is -2.60. The van der Waals surface area contributed by atoms with E-state index in [-0.39, 0.29) is 5.82 Å². The van der Waals surface area contributed by atoms with Crippen LogP contribution in [0.2, 0.25) is 0 Å². The van der Waals surface area contributed by atoms with Gasteiger partial charge in [-0.3, -0.25) is 4.57 Å². The van der Waals surface area contributed by atoms with Crippen LogP contribution in [-0.4, -0.2) is 14.8 Å². The second-order valence-corrected chi connectivity index (χ2v) is 6.76. The number of ether oxygens (including phenoxy) is 1. The van der Waals surface area contributed by atoms with Crippen molar-refractivity contribution in [2.24, 2.45) is 0 Å². The molecule has 0 unspecified atom stereocenters. The monoisotopic (exact) mass is 369 g/mol. The van der Waals surface area contributed by atoms with Crippen LogP contribution in [0.5, 0.6) is 5.75 Å². The molecular formula is C20H20FN3OS. The van der Waals surface area contributed by atoms with Gasteiger partial charge in [0.25, 0.3) is 0 Å².